The van der Waals surface area contributed by atoms with Crippen LogP contribution in [0.3, 0.4) is 0 Å². The minimum atomic E-state index is -0.774. The minimum absolute atomic E-state index is 0.0978. The van der Waals surface area contributed by atoms with E-state index in [9.17, 15) is 9.90 Å². The van der Waals surface area contributed by atoms with Gasteiger partial charge in [0.2, 0.25) is 5.91 Å². The fraction of sp³-hybridized carbons (Fsp3) is 0.588. The molecule has 1 atom stereocenters. The molecule has 1 saturated heterocycles. The van der Waals surface area contributed by atoms with Crippen LogP contribution in [-0.4, -0.2) is 67.3 Å². The number of methoxy groups -OCH3 is 1. The Morgan fingerprint density at radius 2 is 2.14 bits per heavy atom. The maximum atomic E-state index is 12.4. The lowest BCUT2D eigenvalue weighted by Crippen LogP contribution is -2.43. The Hall–Kier alpha value is -1.59. The van der Waals surface area contributed by atoms with Crippen LogP contribution >= 0.6 is 0 Å². The molecule has 0 aromatic heterocycles. The van der Waals surface area contributed by atoms with Gasteiger partial charge in [-0.2, -0.15) is 0 Å². The summed E-state index contributed by atoms with van der Waals surface area (Å²) in [6.45, 7) is 1.65. The van der Waals surface area contributed by atoms with Crippen molar-refractivity contribution < 1.29 is 14.6 Å². The summed E-state index contributed by atoms with van der Waals surface area (Å²) in [5, 5.41) is 10.5. The smallest absolute Gasteiger partial charge is 0.223 e. The van der Waals surface area contributed by atoms with Gasteiger partial charge >= 0.3 is 0 Å². The Kier molecular flexibility index (Phi) is 5.42. The second kappa shape index (κ2) is 7.11. The first-order valence-electron chi connectivity index (χ1n) is 7.70. The summed E-state index contributed by atoms with van der Waals surface area (Å²) < 4.78 is 5.31. The summed E-state index contributed by atoms with van der Waals surface area (Å²) in [5.41, 5.74) is 0.268. The Morgan fingerprint density at radius 1 is 1.41 bits per heavy atom. The van der Waals surface area contributed by atoms with Crippen molar-refractivity contribution in [1.29, 1.82) is 0 Å². The number of aryl methyl sites for hydroxylation is 1. The highest BCUT2D eigenvalue weighted by Crippen LogP contribution is 2.24. The Morgan fingerprint density at radius 3 is 2.82 bits per heavy atom. The van der Waals surface area contributed by atoms with Gasteiger partial charge in [0.15, 0.2) is 0 Å². The summed E-state index contributed by atoms with van der Waals surface area (Å²) >= 11 is 0. The molecule has 22 heavy (non-hydrogen) atoms. The first kappa shape index (κ1) is 16.8. The topological polar surface area (TPSA) is 53.0 Å². The highest BCUT2D eigenvalue weighted by molar-refractivity contribution is 5.77. The maximum absolute atomic E-state index is 12.4. The van der Waals surface area contributed by atoms with Gasteiger partial charge in [0, 0.05) is 19.5 Å². The van der Waals surface area contributed by atoms with Gasteiger partial charge in [-0.3, -0.25) is 4.79 Å². The maximum Gasteiger partial charge on any atom is 0.223 e. The largest absolute Gasteiger partial charge is 0.496 e. The van der Waals surface area contributed by atoms with Gasteiger partial charge in [-0.1, -0.05) is 18.2 Å². The average molecular weight is 306 g/mol. The predicted molar refractivity (Wildman–Crippen MR) is 86.0 cm³/mol. The molecule has 1 aliphatic rings. The lowest BCUT2D eigenvalue weighted by Gasteiger charge is -2.26. The molecule has 0 saturated carbocycles. The van der Waals surface area contributed by atoms with Gasteiger partial charge in [-0.25, -0.2) is 0 Å². The molecule has 2 rings (SSSR count). The van der Waals surface area contributed by atoms with Crippen LogP contribution in [-0.2, 0) is 11.2 Å². The van der Waals surface area contributed by atoms with Gasteiger partial charge in [0.05, 0.1) is 19.3 Å². The Bertz CT molecular complexity index is 518. The van der Waals surface area contributed by atoms with E-state index in [1.54, 1.807) is 12.0 Å². The van der Waals surface area contributed by atoms with E-state index >= 15 is 0 Å². The van der Waals surface area contributed by atoms with E-state index in [0.29, 0.717) is 38.9 Å². The third-order valence-electron chi connectivity index (χ3n) is 4.10. The van der Waals surface area contributed by atoms with Crippen molar-refractivity contribution in [2.45, 2.75) is 24.9 Å². The Labute approximate surface area is 132 Å². The summed E-state index contributed by atoms with van der Waals surface area (Å²) in [6, 6.07) is 7.77. The number of likely N-dealkylation sites (N-methyl/N-ethyl adjacent to an activating group) is 1. The number of hydrogen-bond acceptors (Lipinski definition) is 4. The lowest BCUT2D eigenvalue weighted by molar-refractivity contribution is -0.131. The molecule has 1 aromatic carbocycles. The number of carbonyl (C=O) groups excluding carboxylic acids is 1. The van der Waals surface area contributed by atoms with E-state index in [-0.39, 0.29) is 5.91 Å². The molecule has 1 aromatic rings. The average Bonchev–Trinajstić information content (AvgIpc) is 2.86. The fourth-order valence-corrected chi connectivity index (χ4v) is 3.10. The van der Waals surface area contributed by atoms with Gasteiger partial charge in [-0.05, 0) is 38.6 Å². The molecule has 1 aliphatic heterocycles. The number of likely N-dealkylation sites (tertiary alicyclic amines) is 1. The number of hydrogen-bond donors (Lipinski definition) is 1. The minimum Gasteiger partial charge on any atom is -0.496 e. The first-order valence-corrected chi connectivity index (χ1v) is 7.70. The number of ether oxygens (including phenoxy) is 1. The van der Waals surface area contributed by atoms with Crippen molar-refractivity contribution in [2.24, 2.45) is 0 Å². The van der Waals surface area contributed by atoms with Crippen molar-refractivity contribution in [3.05, 3.63) is 29.8 Å². The van der Waals surface area contributed by atoms with E-state index in [0.717, 1.165) is 11.3 Å². The zero-order valence-corrected chi connectivity index (χ0v) is 13.7. The number of nitrogens with zero attached hydrogens (tertiary/aromatic N) is 2. The number of rotatable bonds is 6. The highest BCUT2D eigenvalue weighted by atomic mass is 16.5. The molecule has 1 heterocycles. The van der Waals surface area contributed by atoms with Crippen molar-refractivity contribution in [1.82, 2.24) is 9.80 Å². The second-order valence-electron chi connectivity index (χ2n) is 6.34. The molecule has 5 nitrogen and oxygen atoms in total. The SMILES string of the molecule is COc1ccccc1CCC(=O)N1CCC(O)(CN(C)C)C1. The summed E-state index contributed by atoms with van der Waals surface area (Å²) in [5.74, 6) is 0.918. The van der Waals surface area contributed by atoms with Crippen molar-refractivity contribution in [3.8, 4) is 5.75 Å². The van der Waals surface area contributed by atoms with Crippen molar-refractivity contribution in [2.75, 3.05) is 40.8 Å². The molecular weight excluding hydrogens is 280 g/mol. The number of benzene rings is 1. The van der Waals surface area contributed by atoms with Crippen LogP contribution in [0.2, 0.25) is 0 Å². The third-order valence-corrected chi connectivity index (χ3v) is 4.10. The van der Waals surface area contributed by atoms with E-state index in [1.807, 2.05) is 43.3 Å². The summed E-state index contributed by atoms with van der Waals surface area (Å²) in [4.78, 5) is 16.1. The van der Waals surface area contributed by atoms with Crippen LogP contribution in [0.15, 0.2) is 24.3 Å². The Balaban J connectivity index is 1.88. The molecular formula is C17H26N2O3. The zero-order chi connectivity index (χ0) is 16.2. The van der Waals surface area contributed by atoms with Crippen LogP contribution in [0.5, 0.6) is 5.75 Å². The van der Waals surface area contributed by atoms with Crippen LogP contribution in [0, 0.1) is 0 Å². The predicted octanol–water partition coefficient (Wildman–Crippen LogP) is 1.15. The highest BCUT2D eigenvalue weighted by Gasteiger charge is 2.38. The van der Waals surface area contributed by atoms with Crippen molar-refractivity contribution >= 4 is 5.91 Å². The van der Waals surface area contributed by atoms with Crippen LogP contribution in [0.4, 0.5) is 0 Å². The molecule has 1 unspecified atom stereocenters. The molecule has 5 heteroatoms. The van der Waals surface area contributed by atoms with Gasteiger partial charge in [-0.15, -0.1) is 0 Å². The molecule has 1 fully saturated rings. The van der Waals surface area contributed by atoms with Gasteiger partial charge in [0.25, 0.3) is 0 Å². The van der Waals surface area contributed by atoms with Crippen LogP contribution in [0.25, 0.3) is 0 Å². The summed E-state index contributed by atoms with van der Waals surface area (Å²) in [7, 11) is 5.51. The van der Waals surface area contributed by atoms with Crippen LogP contribution in [0.1, 0.15) is 18.4 Å². The molecule has 0 aliphatic carbocycles. The molecule has 122 valence electrons. The second-order valence-corrected chi connectivity index (χ2v) is 6.34. The molecule has 0 radical (unpaired) electrons. The van der Waals surface area contributed by atoms with E-state index in [4.69, 9.17) is 4.74 Å². The van der Waals surface area contributed by atoms with E-state index in [2.05, 4.69) is 0 Å². The monoisotopic (exact) mass is 306 g/mol. The number of β-amino-alcohol motifs (C(OH)–C–C–N with tert-alkyl or cyclic N) is 1. The van der Waals surface area contributed by atoms with Gasteiger partial charge < -0.3 is 19.6 Å². The first-order chi connectivity index (χ1) is 10.4. The molecule has 1 N–H and O–H groups in total. The normalized spacial score (nSPS) is 21.4. The third kappa shape index (κ3) is 4.21. The van der Waals surface area contributed by atoms with E-state index < -0.39 is 5.60 Å². The standard InChI is InChI=1S/C17H26N2O3/c1-18(2)12-17(21)10-11-19(13-17)16(20)9-8-14-6-4-5-7-15(14)22-3/h4-7,21H,8-13H2,1-3H3. The number of para-hydroxylation sites is 1. The molecule has 1 amide bonds. The molecule has 0 spiro atoms. The number of amides is 1. The quantitative estimate of drug-likeness (QED) is 0.857. The fourth-order valence-electron chi connectivity index (χ4n) is 3.10. The van der Waals surface area contributed by atoms with E-state index in [1.165, 1.54) is 0 Å². The number of carbonyl (C=O) groups is 1. The van der Waals surface area contributed by atoms with Crippen molar-refractivity contribution in [3.63, 3.8) is 0 Å². The number of aliphatic hydroxyl groups is 1. The van der Waals surface area contributed by atoms with Crippen LogP contribution < -0.4 is 4.74 Å². The van der Waals surface area contributed by atoms with Gasteiger partial charge in [0.1, 0.15) is 5.75 Å². The zero-order valence-electron chi connectivity index (χ0n) is 13.7. The molecule has 0 bridgehead atoms. The summed E-state index contributed by atoms with van der Waals surface area (Å²) in [6.07, 6.45) is 1.75. The lowest BCUT2D eigenvalue weighted by atomic mass is 10.0.